The van der Waals surface area contributed by atoms with Gasteiger partial charge < -0.3 is 10.1 Å². The SMILES string of the molecule is COc1ccc([C@@H]2C(C#N)C(=N)C(C#N)(C#N)C3=CCSC[C@H]32)cc1. The Labute approximate surface area is 151 Å². The number of nitrogens with one attached hydrogen (secondary N) is 1. The average Bonchev–Trinajstić information content (AvgIpc) is 2.68. The van der Waals surface area contributed by atoms with Crippen LogP contribution in [0.1, 0.15) is 11.5 Å². The molecule has 124 valence electrons. The van der Waals surface area contributed by atoms with Gasteiger partial charge in [-0.15, -0.1) is 0 Å². The van der Waals surface area contributed by atoms with Crippen molar-refractivity contribution in [1.82, 2.24) is 0 Å². The number of benzene rings is 1. The topological polar surface area (TPSA) is 104 Å². The molecule has 3 rings (SSSR count). The zero-order valence-electron chi connectivity index (χ0n) is 13.7. The smallest absolute Gasteiger partial charge is 0.203 e. The summed E-state index contributed by atoms with van der Waals surface area (Å²) in [6, 6.07) is 13.8. The van der Waals surface area contributed by atoms with E-state index in [1.807, 2.05) is 42.5 Å². The van der Waals surface area contributed by atoms with Gasteiger partial charge in [-0.2, -0.15) is 27.5 Å². The number of methoxy groups -OCH3 is 1. The Morgan fingerprint density at radius 2 is 1.88 bits per heavy atom. The van der Waals surface area contributed by atoms with E-state index in [9.17, 15) is 15.8 Å². The summed E-state index contributed by atoms with van der Waals surface area (Å²) in [7, 11) is 1.59. The quantitative estimate of drug-likeness (QED) is 0.826. The van der Waals surface area contributed by atoms with Gasteiger partial charge in [-0.1, -0.05) is 18.2 Å². The second kappa shape index (κ2) is 6.63. The molecule has 0 bridgehead atoms. The van der Waals surface area contributed by atoms with E-state index in [0.29, 0.717) is 5.57 Å². The predicted molar refractivity (Wildman–Crippen MR) is 95.1 cm³/mol. The van der Waals surface area contributed by atoms with Gasteiger partial charge in [-0.25, -0.2) is 0 Å². The first-order valence-corrected chi connectivity index (χ1v) is 9.01. The maximum atomic E-state index is 9.75. The molecule has 0 radical (unpaired) electrons. The third-order valence-electron chi connectivity index (χ3n) is 5.03. The van der Waals surface area contributed by atoms with E-state index >= 15 is 0 Å². The minimum Gasteiger partial charge on any atom is -0.497 e. The molecule has 25 heavy (non-hydrogen) atoms. The van der Waals surface area contributed by atoms with Crippen molar-refractivity contribution in [2.75, 3.05) is 18.6 Å². The summed E-state index contributed by atoms with van der Waals surface area (Å²) >= 11 is 1.72. The fraction of sp³-hybridized carbons (Fsp3) is 0.368. The first-order chi connectivity index (χ1) is 12.1. The van der Waals surface area contributed by atoms with Crippen molar-refractivity contribution in [2.24, 2.45) is 17.3 Å². The second-order valence-corrected chi connectivity index (χ2v) is 7.17. The second-order valence-electron chi connectivity index (χ2n) is 6.10. The normalized spacial score (nSPS) is 27.0. The van der Waals surface area contributed by atoms with E-state index in [-0.39, 0.29) is 17.5 Å². The molecule has 0 amide bonds. The Balaban J connectivity index is 2.16. The molecule has 0 aromatic heterocycles. The van der Waals surface area contributed by atoms with Gasteiger partial charge in [-0.3, -0.25) is 0 Å². The van der Waals surface area contributed by atoms with Crippen LogP contribution in [0.2, 0.25) is 0 Å². The fourth-order valence-electron chi connectivity index (χ4n) is 3.78. The van der Waals surface area contributed by atoms with Crippen molar-refractivity contribution < 1.29 is 4.74 Å². The number of ether oxygens (including phenoxy) is 1. The summed E-state index contributed by atoms with van der Waals surface area (Å²) in [5.41, 5.74) is -0.0987. The van der Waals surface area contributed by atoms with Gasteiger partial charge in [0.1, 0.15) is 5.75 Å². The van der Waals surface area contributed by atoms with Gasteiger partial charge in [0.05, 0.1) is 36.9 Å². The molecule has 6 heteroatoms. The third-order valence-corrected chi connectivity index (χ3v) is 6.03. The lowest BCUT2D eigenvalue weighted by Crippen LogP contribution is -2.48. The molecular formula is C19H16N4OS. The Morgan fingerprint density at radius 3 is 2.44 bits per heavy atom. The maximum absolute atomic E-state index is 9.75. The minimum atomic E-state index is -1.62. The van der Waals surface area contributed by atoms with Crippen molar-refractivity contribution in [3.63, 3.8) is 0 Å². The largest absolute Gasteiger partial charge is 0.497 e. The summed E-state index contributed by atoms with van der Waals surface area (Å²) in [4.78, 5) is 0. The molecule has 2 aliphatic rings. The van der Waals surface area contributed by atoms with Crippen LogP contribution in [0.15, 0.2) is 35.9 Å². The van der Waals surface area contributed by atoms with Crippen LogP contribution in [0.3, 0.4) is 0 Å². The molecule has 1 heterocycles. The molecule has 0 spiro atoms. The lowest BCUT2D eigenvalue weighted by atomic mass is 9.56. The fourth-order valence-corrected chi connectivity index (χ4v) is 4.86. The summed E-state index contributed by atoms with van der Waals surface area (Å²) in [5, 5.41) is 37.6. The zero-order valence-corrected chi connectivity index (χ0v) is 14.5. The molecule has 0 saturated heterocycles. The third kappa shape index (κ3) is 2.49. The lowest BCUT2D eigenvalue weighted by Gasteiger charge is -2.45. The summed E-state index contributed by atoms with van der Waals surface area (Å²) < 4.78 is 5.20. The highest BCUT2D eigenvalue weighted by Crippen LogP contribution is 2.53. The monoisotopic (exact) mass is 348 g/mol. The Morgan fingerprint density at radius 1 is 1.20 bits per heavy atom. The molecule has 1 aromatic carbocycles. The Bertz CT molecular complexity index is 839. The lowest BCUT2D eigenvalue weighted by molar-refractivity contribution is 0.406. The van der Waals surface area contributed by atoms with E-state index in [0.717, 1.165) is 22.8 Å². The highest BCUT2D eigenvalue weighted by Gasteiger charge is 2.55. The molecule has 5 nitrogen and oxygen atoms in total. The number of nitriles is 3. The number of fused-ring (bicyclic) bond motifs is 1. The molecule has 1 saturated carbocycles. The van der Waals surface area contributed by atoms with Gasteiger partial charge >= 0.3 is 0 Å². The number of hydrogen-bond acceptors (Lipinski definition) is 6. The van der Waals surface area contributed by atoms with Gasteiger partial charge in [0, 0.05) is 23.3 Å². The van der Waals surface area contributed by atoms with E-state index in [4.69, 9.17) is 10.1 Å². The number of rotatable bonds is 2. The predicted octanol–water partition coefficient (Wildman–Crippen LogP) is 3.27. The standard InChI is InChI=1S/C19H16N4OS/c1-24-13-4-2-12(3-5-13)17-14(8-20)18(23)19(10-21,11-22)16-6-7-25-9-15(16)17/h2-6,14-15,17,23H,7,9H2,1H3/t14?,15-,17-/m1/s1. The van der Waals surface area contributed by atoms with Crippen molar-refractivity contribution in [3.8, 4) is 24.0 Å². The van der Waals surface area contributed by atoms with Crippen LogP contribution < -0.4 is 4.74 Å². The molecule has 1 fully saturated rings. The highest BCUT2D eigenvalue weighted by molar-refractivity contribution is 7.99. The Kier molecular flexibility index (Phi) is 4.53. The van der Waals surface area contributed by atoms with Crippen LogP contribution in [0, 0.1) is 56.7 Å². The number of allylic oxidation sites excluding steroid dienone is 1. The maximum Gasteiger partial charge on any atom is 0.203 e. The average molecular weight is 348 g/mol. The molecule has 1 aliphatic heterocycles. The summed E-state index contributed by atoms with van der Waals surface area (Å²) in [5.74, 6) is 1.03. The van der Waals surface area contributed by atoms with Gasteiger partial charge in [0.15, 0.2) is 0 Å². The summed E-state index contributed by atoms with van der Waals surface area (Å²) in [6.07, 6.45) is 1.91. The van der Waals surface area contributed by atoms with Crippen LogP contribution in [0.4, 0.5) is 0 Å². The number of nitrogens with zero attached hydrogens (tertiary/aromatic N) is 3. The van der Waals surface area contributed by atoms with Crippen LogP contribution in [0.5, 0.6) is 5.75 Å². The van der Waals surface area contributed by atoms with Gasteiger partial charge in [0.25, 0.3) is 0 Å². The van der Waals surface area contributed by atoms with E-state index in [1.54, 1.807) is 18.9 Å². The van der Waals surface area contributed by atoms with Gasteiger partial charge in [-0.05, 0) is 23.3 Å². The molecule has 1 unspecified atom stereocenters. The summed E-state index contributed by atoms with van der Waals surface area (Å²) in [6.45, 7) is 0. The van der Waals surface area contributed by atoms with Crippen molar-refractivity contribution >= 4 is 17.5 Å². The van der Waals surface area contributed by atoms with Crippen LogP contribution in [-0.4, -0.2) is 24.3 Å². The molecule has 1 aliphatic carbocycles. The van der Waals surface area contributed by atoms with Crippen molar-refractivity contribution in [1.29, 1.82) is 21.2 Å². The van der Waals surface area contributed by atoms with Crippen LogP contribution in [-0.2, 0) is 0 Å². The molecule has 1 N–H and O–H groups in total. The molecule has 3 atom stereocenters. The number of thioether (sulfide) groups is 1. The first-order valence-electron chi connectivity index (χ1n) is 7.86. The highest BCUT2D eigenvalue weighted by atomic mass is 32.2. The number of hydrogen-bond donors (Lipinski definition) is 1. The van der Waals surface area contributed by atoms with Crippen LogP contribution >= 0.6 is 11.8 Å². The van der Waals surface area contributed by atoms with E-state index < -0.39 is 11.3 Å². The Hall–Kier alpha value is -2.75. The van der Waals surface area contributed by atoms with Crippen molar-refractivity contribution in [3.05, 3.63) is 41.5 Å². The van der Waals surface area contributed by atoms with Crippen LogP contribution in [0.25, 0.3) is 0 Å². The first kappa shape index (κ1) is 17.1. The molecule has 1 aromatic rings. The minimum absolute atomic E-state index is 0.102. The van der Waals surface area contributed by atoms with Crippen molar-refractivity contribution in [2.45, 2.75) is 5.92 Å². The van der Waals surface area contributed by atoms with E-state index in [1.165, 1.54) is 0 Å². The molecular weight excluding hydrogens is 332 g/mol. The zero-order chi connectivity index (χ0) is 18.0. The van der Waals surface area contributed by atoms with E-state index in [2.05, 4.69) is 6.07 Å². The van der Waals surface area contributed by atoms with Gasteiger partial charge in [0.2, 0.25) is 5.41 Å².